The second kappa shape index (κ2) is 3.14. The average molecular weight is 128 g/mol. The molecule has 0 aromatic heterocycles. The van der Waals surface area contributed by atoms with Crippen molar-refractivity contribution in [1.82, 2.24) is 0 Å². The topological polar surface area (TPSA) is 27.7 Å². The van der Waals surface area contributed by atoms with Crippen LogP contribution in [-0.4, -0.2) is 13.6 Å². The predicted octanol–water partition coefficient (Wildman–Crippen LogP) is 0.991. The maximum absolute atomic E-state index is 4.86. The normalized spacial score (nSPS) is 18.3. The van der Waals surface area contributed by atoms with E-state index in [4.69, 9.17) is 14.2 Å². The van der Waals surface area contributed by atoms with Gasteiger partial charge in [-0.3, -0.25) is 0 Å². The molecule has 1 aliphatic heterocycles. The lowest BCUT2D eigenvalue weighted by Crippen LogP contribution is -2.12. The number of hydrogen-bond donors (Lipinski definition) is 0. The average Bonchev–Trinajstić information content (AvgIpc) is 2.13. The van der Waals surface area contributed by atoms with E-state index < -0.39 is 6.48 Å². The van der Waals surface area contributed by atoms with Crippen molar-refractivity contribution in [3.63, 3.8) is 0 Å². The van der Waals surface area contributed by atoms with Gasteiger partial charge in [0.05, 0.1) is 12.5 Å². The smallest absolute Gasteiger partial charge is 0.359 e. The third-order valence-electron chi connectivity index (χ3n) is 0.840. The first kappa shape index (κ1) is 6.16. The maximum atomic E-state index is 4.86. The zero-order valence-corrected chi connectivity index (χ0v) is 5.11. The van der Waals surface area contributed by atoms with Gasteiger partial charge in [-0.2, -0.15) is 0 Å². The lowest BCUT2D eigenvalue weighted by atomic mass is 10.6. The summed E-state index contributed by atoms with van der Waals surface area (Å²) < 4.78 is 14.5. The van der Waals surface area contributed by atoms with E-state index in [-0.39, 0.29) is 0 Å². The minimum absolute atomic E-state index is 0.597. The van der Waals surface area contributed by atoms with E-state index in [9.17, 15) is 0 Å². The molecular formula is C6H8O3. The highest BCUT2D eigenvalue weighted by atomic mass is 16.8. The molecule has 50 valence electrons. The van der Waals surface area contributed by atoms with E-state index in [1.165, 1.54) is 19.6 Å². The Balaban J connectivity index is 2.40. The summed E-state index contributed by atoms with van der Waals surface area (Å²) in [6.45, 7) is -0.597. The minimum atomic E-state index is -0.597. The molecule has 0 amide bonds. The van der Waals surface area contributed by atoms with Gasteiger partial charge in [0.2, 0.25) is 0 Å². The molecule has 0 saturated heterocycles. The second-order valence-electron chi connectivity index (χ2n) is 1.45. The van der Waals surface area contributed by atoms with E-state index in [0.29, 0.717) is 0 Å². The molecule has 1 heterocycles. The molecule has 0 radical (unpaired) electrons. The van der Waals surface area contributed by atoms with E-state index in [1.54, 1.807) is 12.2 Å². The summed E-state index contributed by atoms with van der Waals surface area (Å²) in [6.07, 6.45) is 6.47. The number of ether oxygens (including phenoxy) is 3. The Kier molecular flexibility index (Phi) is 2.15. The van der Waals surface area contributed by atoms with Crippen LogP contribution in [0.4, 0.5) is 0 Å². The Morgan fingerprint density at radius 2 is 1.78 bits per heavy atom. The highest BCUT2D eigenvalue weighted by molar-refractivity contribution is 4.97. The molecule has 0 aliphatic carbocycles. The van der Waals surface area contributed by atoms with Crippen LogP contribution in [0, 0.1) is 0 Å². The van der Waals surface area contributed by atoms with Crippen LogP contribution in [0.25, 0.3) is 0 Å². The molecule has 3 heteroatoms. The number of hydrogen-bond acceptors (Lipinski definition) is 3. The molecular weight excluding hydrogens is 120 g/mol. The van der Waals surface area contributed by atoms with Crippen LogP contribution in [0.5, 0.6) is 0 Å². The lowest BCUT2D eigenvalue weighted by Gasteiger charge is -2.10. The van der Waals surface area contributed by atoms with Crippen LogP contribution in [0.3, 0.4) is 0 Å². The van der Waals surface area contributed by atoms with Gasteiger partial charge in [-0.1, -0.05) is 0 Å². The van der Waals surface area contributed by atoms with Crippen LogP contribution >= 0.6 is 0 Å². The van der Waals surface area contributed by atoms with Gasteiger partial charge in [0.25, 0.3) is 0 Å². The first-order chi connectivity index (χ1) is 4.43. The summed E-state index contributed by atoms with van der Waals surface area (Å²) in [5.41, 5.74) is 0. The maximum Gasteiger partial charge on any atom is 0.359 e. The van der Waals surface area contributed by atoms with Gasteiger partial charge in [0.15, 0.2) is 0 Å². The molecule has 1 rings (SSSR count). The molecule has 0 fully saturated rings. The third kappa shape index (κ3) is 1.77. The third-order valence-corrected chi connectivity index (χ3v) is 0.840. The Bertz CT molecular complexity index is 114. The van der Waals surface area contributed by atoms with Gasteiger partial charge in [0, 0.05) is 7.11 Å². The molecule has 0 spiro atoms. The molecule has 9 heavy (non-hydrogen) atoms. The van der Waals surface area contributed by atoms with E-state index in [2.05, 4.69) is 0 Å². The van der Waals surface area contributed by atoms with Gasteiger partial charge in [-0.25, -0.2) is 0 Å². The number of allylic oxidation sites excluding steroid dienone is 2. The minimum Gasteiger partial charge on any atom is -0.440 e. The van der Waals surface area contributed by atoms with Gasteiger partial charge in [-0.15, -0.1) is 0 Å². The molecule has 0 aromatic rings. The molecule has 1 aliphatic rings. The largest absolute Gasteiger partial charge is 0.440 e. The Morgan fingerprint density at radius 3 is 2.22 bits per heavy atom. The molecule has 0 atom stereocenters. The van der Waals surface area contributed by atoms with Crippen LogP contribution in [0.15, 0.2) is 24.7 Å². The highest BCUT2D eigenvalue weighted by Crippen LogP contribution is 2.00. The van der Waals surface area contributed by atoms with Crippen molar-refractivity contribution in [3.8, 4) is 0 Å². The fourth-order valence-corrected chi connectivity index (χ4v) is 0.453. The summed E-state index contributed by atoms with van der Waals surface area (Å²) in [5, 5.41) is 0. The van der Waals surface area contributed by atoms with Crippen molar-refractivity contribution in [2.75, 3.05) is 7.11 Å². The standard InChI is InChI=1S/C6H8O3/c1-7-6-8-4-2-3-5-9-6/h2-6H,1H3. The van der Waals surface area contributed by atoms with Gasteiger partial charge < -0.3 is 14.2 Å². The molecule has 0 bridgehead atoms. The van der Waals surface area contributed by atoms with Crippen molar-refractivity contribution < 1.29 is 14.2 Å². The zero-order valence-electron chi connectivity index (χ0n) is 5.11. The van der Waals surface area contributed by atoms with Crippen LogP contribution in [0.2, 0.25) is 0 Å². The fourth-order valence-electron chi connectivity index (χ4n) is 0.453. The summed E-state index contributed by atoms with van der Waals surface area (Å²) in [4.78, 5) is 0. The quantitative estimate of drug-likeness (QED) is 0.527. The van der Waals surface area contributed by atoms with Gasteiger partial charge in [-0.05, 0) is 12.2 Å². The SMILES string of the molecule is COC1OC=CC=CO1. The number of rotatable bonds is 1. The monoisotopic (exact) mass is 128 g/mol. The van der Waals surface area contributed by atoms with Crippen LogP contribution in [0.1, 0.15) is 0 Å². The van der Waals surface area contributed by atoms with Crippen molar-refractivity contribution in [3.05, 3.63) is 24.7 Å². The van der Waals surface area contributed by atoms with Crippen LogP contribution < -0.4 is 0 Å². The molecule has 0 N–H and O–H groups in total. The summed E-state index contributed by atoms with van der Waals surface area (Å²) >= 11 is 0. The Morgan fingerprint density at radius 1 is 1.22 bits per heavy atom. The van der Waals surface area contributed by atoms with Crippen molar-refractivity contribution >= 4 is 0 Å². The lowest BCUT2D eigenvalue weighted by molar-refractivity contribution is -0.225. The first-order valence-corrected chi connectivity index (χ1v) is 2.59. The van der Waals surface area contributed by atoms with Crippen molar-refractivity contribution in [1.29, 1.82) is 0 Å². The fraction of sp³-hybridized carbons (Fsp3) is 0.333. The van der Waals surface area contributed by atoms with Gasteiger partial charge in [0.1, 0.15) is 0 Å². The van der Waals surface area contributed by atoms with E-state index in [0.717, 1.165) is 0 Å². The number of methoxy groups -OCH3 is 1. The zero-order chi connectivity index (χ0) is 6.53. The molecule has 3 nitrogen and oxygen atoms in total. The van der Waals surface area contributed by atoms with Crippen molar-refractivity contribution in [2.24, 2.45) is 0 Å². The summed E-state index contributed by atoms with van der Waals surface area (Å²) in [7, 11) is 1.51. The first-order valence-electron chi connectivity index (χ1n) is 2.59. The summed E-state index contributed by atoms with van der Waals surface area (Å²) in [5.74, 6) is 0. The molecule has 0 unspecified atom stereocenters. The van der Waals surface area contributed by atoms with Crippen LogP contribution in [-0.2, 0) is 14.2 Å². The second-order valence-corrected chi connectivity index (χ2v) is 1.45. The Labute approximate surface area is 53.5 Å². The molecule has 0 aromatic carbocycles. The highest BCUT2D eigenvalue weighted by Gasteiger charge is 2.03. The van der Waals surface area contributed by atoms with E-state index >= 15 is 0 Å². The van der Waals surface area contributed by atoms with E-state index in [1.807, 2.05) is 0 Å². The van der Waals surface area contributed by atoms with Crippen molar-refractivity contribution in [2.45, 2.75) is 6.48 Å². The molecule has 0 saturated carbocycles. The summed E-state index contributed by atoms with van der Waals surface area (Å²) in [6, 6.07) is 0. The predicted molar refractivity (Wildman–Crippen MR) is 31.2 cm³/mol. The van der Waals surface area contributed by atoms with Gasteiger partial charge >= 0.3 is 6.48 Å². The Hall–Kier alpha value is -0.960.